The van der Waals surface area contributed by atoms with Crippen molar-refractivity contribution >= 4 is 0 Å². The number of fused-ring (bicyclic) bond motifs is 1. The van der Waals surface area contributed by atoms with Crippen molar-refractivity contribution in [2.45, 2.75) is 32.5 Å². The first-order valence-corrected chi connectivity index (χ1v) is 11.4. The predicted octanol–water partition coefficient (Wildman–Crippen LogP) is 5.03. The fourth-order valence-electron chi connectivity index (χ4n) is 4.76. The van der Waals surface area contributed by atoms with Gasteiger partial charge in [0, 0.05) is 26.1 Å². The van der Waals surface area contributed by atoms with Crippen molar-refractivity contribution < 1.29 is 8.78 Å². The molecule has 2 heterocycles. The summed E-state index contributed by atoms with van der Waals surface area (Å²) in [5, 5.41) is 0. The molecule has 4 nitrogen and oxygen atoms in total. The molecule has 0 N–H and O–H groups in total. The van der Waals surface area contributed by atoms with E-state index in [1.54, 1.807) is 10.6 Å². The van der Waals surface area contributed by atoms with Crippen molar-refractivity contribution in [1.82, 2.24) is 14.5 Å². The zero-order valence-corrected chi connectivity index (χ0v) is 18.9. The molecule has 0 amide bonds. The van der Waals surface area contributed by atoms with E-state index >= 15 is 0 Å². The van der Waals surface area contributed by atoms with Gasteiger partial charge in [-0.05, 0) is 35.7 Å². The number of nitrogens with zero attached hydrogens (tertiary/aromatic N) is 3. The molecule has 0 atom stereocenters. The van der Waals surface area contributed by atoms with Gasteiger partial charge in [-0.2, -0.15) is 0 Å². The molecule has 0 saturated carbocycles. The molecule has 172 valence electrons. The topological polar surface area (TPSA) is 38.1 Å². The first-order valence-electron chi connectivity index (χ1n) is 11.4. The van der Waals surface area contributed by atoms with Crippen LogP contribution in [0, 0.1) is 18.6 Å². The van der Waals surface area contributed by atoms with Gasteiger partial charge in [-0.3, -0.25) is 14.3 Å². The van der Waals surface area contributed by atoms with Gasteiger partial charge in [0.15, 0.2) is 11.6 Å². The van der Waals surface area contributed by atoms with E-state index in [0.717, 1.165) is 22.9 Å². The second kappa shape index (κ2) is 9.31. The van der Waals surface area contributed by atoms with E-state index in [1.807, 2.05) is 67.6 Å². The smallest absolute Gasteiger partial charge is 0.259 e. The van der Waals surface area contributed by atoms with Gasteiger partial charge >= 0.3 is 0 Å². The summed E-state index contributed by atoms with van der Waals surface area (Å²) in [4.78, 5) is 20.8. The second-order valence-electron chi connectivity index (χ2n) is 8.69. The van der Waals surface area contributed by atoms with E-state index in [9.17, 15) is 13.6 Å². The minimum absolute atomic E-state index is 0.0600. The summed E-state index contributed by atoms with van der Waals surface area (Å²) in [6.07, 6.45) is 0.636. The average molecular weight is 458 g/mol. The van der Waals surface area contributed by atoms with Crippen LogP contribution < -0.4 is 5.56 Å². The van der Waals surface area contributed by atoms with Gasteiger partial charge in [0.05, 0.1) is 17.3 Å². The third kappa shape index (κ3) is 4.29. The van der Waals surface area contributed by atoms with Gasteiger partial charge in [0.1, 0.15) is 5.82 Å². The number of hydrogen-bond donors (Lipinski definition) is 0. The molecule has 1 aromatic heterocycles. The molecule has 1 aliphatic rings. The van der Waals surface area contributed by atoms with E-state index in [-0.39, 0.29) is 11.6 Å². The molecule has 0 unspecified atom stereocenters. The Labute approximate surface area is 197 Å². The Morgan fingerprint density at radius 2 is 1.56 bits per heavy atom. The van der Waals surface area contributed by atoms with E-state index in [1.165, 1.54) is 6.07 Å². The van der Waals surface area contributed by atoms with Crippen LogP contribution in [0.2, 0.25) is 0 Å². The normalized spacial score (nSPS) is 13.8. The Bertz CT molecular complexity index is 1330. The third-order valence-electron chi connectivity index (χ3n) is 6.40. The van der Waals surface area contributed by atoms with Crippen molar-refractivity contribution in [3.63, 3.8) is 0 Å². The summed E-state index contributed by atoms with van der Waals surface area (Å²) < 4.78 is 28.8. The third-order valence-corrected chi connectivity index (χ3v) is 6.40. The zero-order valence-electron chi connectivity index (χ0n) is 18.9. The summed E-state index contributed by atoms with van der Waals surface area (Å²) in [5.41, 5.74) is 4.12. The molecule has 3 aromatic carbocycles. The van der Waals surface area contributed by atoms with Gasteiger partial charge in [-0.25, -0.2) is 13.8 Å². The summed E-state index contributed by atoms with van der Waals surface area (Å²) in [5.74, 6) is -1.04. The molecule has 0 fully saturated rings. The summed E-state index contributed by atoms with van der Waals surface area (Å²) in [7, 11) is 0. The van der Waals surface area contributed by atoms with Crippen LogP contribution in [-0.4, -0.2) is 21.0 Å². The first kappa shape index (κ1) is 22.2. The van der Waals surface area contributed by atoms with Crippen LogP contribution in [-0.2, 0) is 19.5 Å². The molecule has 0 saturated heterocycles. The highest BCUT2D eigenvalue weighted by molar-refractivity contribution is 5.35. The molecular formula is C28H25F2N3O. The molecule has 5 rings (SSSR count). The predicted molar refractivity (Wildman–Crippen MR) is 128 cm³/mol. The highest BCUT2D eigenvalue weighted by Gasteiger charge is 2.27. The van der Waals surface area contributed by atoms with Crippen molar-refractivity contribution in [3.8, 4) is 0 Å². The average Bonchev–Trinajstić information content (AvgIpc) is 2.85. The highest BCUT2D eigenvalue weighted by atomic mass is 19.2. The van der Waals surface area contributed by atoms with Crippen LogP contribution in [0.3, 0.4) is 0 Å². The maximum atomic E-state index is 13.9. The number of benzene rings is 3. The van der Waals surface area contributed by atoms with Crippen molar-refractivity contribution in [3.05, 3.63) is 135 Å². The second-order valence-corrected chi connectivity index (χ2v) is 8.69. The van der Waals surface area contributed by atoms with Crippen LogP contribution >= 0.6 is 0 Å². The van der Waals surface area contributed by atoms with E-state index in [4.69, 9.17) is 4.98 Å². The Hall–Kier alpha value is -3.64. The fraction of sp³-hybridized carbons (Fsp3) is 0.214. The number of halogens is 2. The monoisotopic (exact) mass is 457 g/mol. The minimum Gasteiger partial charge on any atom is -0.294 e. The summed E-state index contributed by atoms with van der Waals surface area (Å²) in [6.45, 7) is 3.43. The first-order chi connectivity index (χ1) is 16.5. The minimum atomic E-state index is -0.858. The van der Waals surface area contributed by atoms with Gasteiger partial charge in [0.2, 0.25) is 0 Å². The lowest BCUT2D eigenvalue weighted by Crippen LogP contribution is -2.40. The van der Waals surface area contributed by atoms with Crippen LogP contribution in [0.15, 0.2) is 83.7 Å². The summed E-state index contributed by atoms with van der Waals surface area (Å²) >= 11 is 0. The molecule has 34 heavy (non-hydrogen) atoms. The SMILES string of the molecule is Cc1nc2c(c(=O)n1C(c1ccccc1)c1ccccc1)CN(Cc1ccc(F)c(F)c1)CC2. The Balaban J connectivity index is 1.54. The lowest BCUT2D eigenvalue weighted by molar-refractivity contribution is 0.239. The van der Waals surface area contributed by atoms with Crippen LogP contribution in [0.5, 0.6) is 0 Å². The lowest BCUT2D eigenvalue weighted by Gasteiger charge is -2.30. The van der Waals surface area contributed by atoms with Crippen LogP contribution in [0.4, 0.5) is 8.78 Å². The molecule has 1 aliphatic heterocycles. The highest BCUT2D eigenvalue weighted by Crippen LogP contribution is 2.27. The van der Waals surface area contributed by atoms with E-state index in [0.29, 0.717) is 43.0 Å². The van der Waals surface area contributed by atoms with Gasteiger partial charge in [-0.15, -0.1) is 0 Å². The maximum absolute atomic E-state index is 13.9. The molecule has 0 radical (unpaired) electrons. The Morgan fingerprint density at radius 1 is 0.912 bits per heavy atom. The lowest BCUT2D eigenvalue weighted by atomic mass is 9.97. The van der Waals surface area contributed by atoms with E-state index < -0.39 is 11.6 Å². The quantitative estimate of drug-likeness (QED) is 0.422. The Kier molecular flexibility index (Phi) is 6.07. The van der Waals surface area contributed by atoms with Crippen LogP contribution in [0.25, 0.3) is 0 Å². The number of aromatic nitrogens is 2. The van der Waals surface area contributed by atoms with Crippen LogP contribution in [0.1, 0.15) is 39.8 Å². The molecular weight excluding hydrogens is 432 g/mol. The Morgan fingerprint density at radius 3 is 2.18 bits per heavy atom. The molecule has 0 aliphatic carbocycles. The van der Waals surface area contributed by atoms with Crippen molar-refractivity contribution in [2.75, 3.05) is 6.54 Å². The number of rotatable bonds is 5. The molecule has 0 spiro atoms. The number of hydrogen-bond acceptors (Lipinski definition) is 3. The maximum Gasteiger partial charge on any atom is 0.259 e. The van der Waals surface area contributed by atoms with Gasteiger partial charge < -0.3 is 0 Å². The molecule has 6 heteroatoms. The van der Waals surface area contributed by atoms with Gasteiger partial charge in [0.25, 0.3) is 5.56 Å². The van der Waals surface area contributed by atoms with E-state index in [2.05, 4.69) is 4.90 Å². The fourth-order valence-corrected chi connectivity index (χ4v) is 4.76. The van der Waals surface area contributed by atoms with Gasteiger partial charge in [-0.1, -0.05) is 66.7 Å². The molecule has 0 bridgehead atoms. The summed E-state index contributed by atoms with van der Waals surface area (Å²) in [6, 6.07) is 23.6. The van der Waals surface area contributed by atoms with Crippen molar-refractivity contribution in [2.24, 2.45) is 0 Å². The standard InChI is InChI=1S/C28H25F2N3O/c1-19-31-26-14-15-32(17-20-12-13-24(29)25(30)16-20)18-23(26)28(34)33(19)27(21-8-4-2-5-9-21)22-10-6-3-7-11-22/h2-13,16,27H,14-15,17-18H2,1H3. The van der Waals surface area contributed by atoms with Crippen molar-refractivity contribution in [1.29, 1.82) is 0 Å². The largest absolute Gasteiger partial charge is 0.294 e. The molecule has 4 aromatic rings. The zero-order chi connectivity index (χ0) is 23.7. The number of aryl methyl sites for hydroxylation is 1.